The van der Waals surface area contributed by atoms with Crippen LogP contribution in [0.2, 0.25) is 0 Å². The third-order valence-electron chi connectivity index (χ3n) is 7.51. The SMILES string of the molecule is C[C@H](c1ccccc1)N(Cc1ccccc1)[C@H](c1ccccc1)[C@@H](Cc1ccccc1)C(=O)N1CCOC1=O. The zero-order valence-corrected chi connectivity index (χ0v) is 22.2. The number of nitrogens with zero attached hydrogens (tertiary/aromatic N) is 2. The fourth-order valence-corrected chi connectivity index (χ4v) is 5.49. The Kier molecular flexibility index (Phi) is 8.49. The van der Waals surface area contributed by atoms with Gasteiger partial charge in [0.05, 0.1) is 12.5 Å². The maximum Gasteiger partial charge on any atom is 0.416 e. The van der Waals surface area contributed by atoms with Crippen molar-refractivity contribution >= 4 is 12.0 Å². The van der Waals surface area contributed by atoms with Gasteiger partial charge in [0, 0.05) is 18.6 Å². The molecular formula is C34H34N2O3. The van der Waals surface area contributed by atoms with Gasteiger partial charge in [-0.25, -0.2) is 9.69 Å². The zero-order chi connectivity index (χ0) is 27.0. The normalized spacial score (nSPS) is 15.5. The predicted octanol–water partition coefficient (Wildman–Crippen LogP) is 6.83. The summed E-state index contributed by atoms with van der Waals surface area (Å²) in [4.78, 5) is 30.6. The smallest absolute Gasteiger partial charge is 0.416 e. The average molecular weight is 519 g/mol. The lowest BCUT2D eigenvalue weighted by atomic mass is 9.84. The fraction of sp³-hybridized carbons (Fsp3) is 0.235. The number of amides is 2. The van der Waals surface area contributed by atoms with Gasteiger partial charge in [-0.3, -0.25) is 9.69 Å². The maximum absolute atomic E-state index is 14.3. The first-order valence-electron chi connectivity index (χ1n) is 13.5. The van der Waals surface area contributed by atoms with Crippen LogP contribution in [0.3, 0.4) is 0 Å². The molecule has 3 atom stereocenters. The summed E-state index contributed by atoms with van der Waals surface area (Å²) in [7, 11) is 0. The van der Waals surface area contributed by atoms with Crippen LogP contribution in [0.1, 0.15) is 41.3 Å². The number of carbonyl (C=O) groups excluding carboxylic acids is 2. The first-order valence-corrected chi connectivity index (χ1v) is 13.5. The highest BCUT2D eigenvalue weighted by molar-refractivity contribution is 5.94. The fourth-order valence-electron chi connectivity index (χ4n) is 5.49. The van der Waals surface area contributed by atoms with E-state index in [0.717, 1.165) is 16.7 Å². The van der Waals surface area contributed by atoms with Gasteiger partial charge in [0.25, 0.3) is 0 Å². The third kappa shape index (κ3) is 6.27. The standard InChI is InChI=1S/C34H34N2O3/c1-26(29-18-10-4-11-19-29)36(25-28-16-8-3-9-17-28)32(30-20-12-5-13-21-30)31(24-27-14-6-2-7-15-27)33(37)35-22-23-39-34(35)38/h2-21,26,31-32H,22-25H2,1H3/t26-,31-,32-/m1/s1. The number of hydrogen-bond donors (Lipinski definition) is 0. The molecule has 0 aliphatic carbocycles. The highest BCUT2D eigenvalue weighted by atomic mass is 16.6. The summed E-state index contributed by atoms with van der Waals surface area (Å²) in [5.74, 6) is -0.719. The monoisotopic (exact) mass is 518 g/mol. The second-order valence-corrected chi connectivity index (χ2v) is 10.0. The molecule has 5 nitrogen and oxygen atoms in total. The summed E-state index contributed by atoms with van der Waals surface area (Å²) in [6.45, 7) is 3.34. The number of cyclic esters (lactones) is 1. The van der Waals surface area contributed by atoms with Crippen LogP contribution in [0.15, 0.2) is 121 Å². The number of benzene rings is 4. The van der Waals surface area contributed by atoms with Gasteiger partial charge in [-0.05, 0) is 35.6 Å². The van der Waals surface area contributed by atoms with Crippen molar-refractivity contribution in [2.24, 2.45) is 5.92 Å². The van der Waals surface area contributed by atoms with E-state index in [2.05, 4.69) is 60.4 Å². The van der Waals surface area contributed by atoms with Crippen molar-refractivity contribution < 1.29 is 14.3 Å². The number of ether oxygens (including phenoxy) is 1. The van der Waals surface area contributed by atoms with Gasteiger partial charge >= 0.3 is 6.09 Å². The molecule has 1 saturated heterocycles. The van der Waals surface area contributed by atoms with E-state index in [1.54, 1.807) is 0 Å². The quantitative estimate of drug-likeness (QED) is 0.231. The molecule has 5 heteroatoms. The summed E-state index contributed by atoms with van der Waals surface area (Å²) in [5, 5.41) is 0. The lowest BCUT2D eigenvalue weighted by Gasteiger charge is -2.41. The average Bonchev–Trinajstić information content (AvgIpc) is 3.43. The lowest BCUT2D eigenvalue weighted by Crippen LogP contribution is -2.45. The third-order valence-corrected chi connectivity index (χ3v) is 7.51. The van der Waals surface area contributed by atoms with Crippen LogP contribution in [0.25, 0.3) is 0 Å². The second-order valence-electron chi connectivity index (χ2n) is 10.0. The molecule has 198 valence electrons. The lowest BCUT2D eigenvalue weighted by molar-refractivity contribution is -0.135. The molecule has 0 aromatic heterocycles. The summed E-state index contributed by atoms with van der Waals surface area (Å²) in [6, 6.07) is 40.7. The van der Waals surface area contributed by atoms with Gasteiger partial charge in [0.1, 0.15) is 6.61 Å². The van der Waals surface area contributed by atoms with Gasteiger partial charge < -0.3 is 4.74 Å². The van der Waals surface area contributed by atoms with E-state index in [-0.39, 0.29) is 31.1 Å². The molecule has 0 radical (unpaired) electrons. The van der Waals surface area contributed by atoms with Crippen molar-refractivity contribution in [1.29, 1.82) is 0 Å². The molecule has 1 aliphatic heterocycles. The van der Waals surface area contributed by atoms with Crippen LogP contribution >= 0.6 is 0 Å². The van der Waals surface area contributed by atoms with Gasteiger partial charge in [0.2, 0.25) is 5.91 Å². The van der Waals surface area contributed by atoms with Gasteiger partial charge in [-0.2, -0.15) is 0 Å². The molecule has 2 amide bonds. The molecule has 0 unspecified atom stereocenters. The van der Waals surface area contributed by atoms with E-state index in [9.17, 15) is 9.59 Å². The molecule has 4 aromatic carbocycles. The van der Waals surface area contributed by atoms with Crippen molar-refractivity contribution in [3.63, 3.8) is 0 Å². The van der Waals surface area contributed by atoms with Crippen LogP contribution in [-0.4, -0.2) is 35.0 Å². The van der Waals surface area contributed by atoms with E-state index in [4.69, 9.17) is 4.74 Å². The minimum Gasteiger partial charge on any atom is -0.447 e. The van der Waals surface area contributed by atoms with Crippen LogP contribution in [-0.2, 0) is 22.5 Å². The Labute approximate surface area is 230 Å². The topological polar surface area (TPSA) is 49.9 Å². The minimum absolute atomic E-state index is 0.00628. The summed E-state index contributed by atoms with van der Waals surface area (Å²) in [5.41, 5.74) is 4.42. The number of imide groups is 1. The Balaban J connectivity index is 1.65. The number of rotatable bonds is 10. The van der Waals surface area contributed by atoms with Crippen molar-refractivity contribution in [3.8, 4) is 0 Å². The molecule has 39 heavy (non-hydrogen) atoms. The highest BCUT2D eigenvalue weighted by Crippen LogP contribution is 2.39. The van der Waals surface area contributed by atoms with Crippen molar-refractivity contribution in [2.45, 2.75) is 32.0 Å². The molecular weight excluding hydrogens is 484 g/mol. The molecule has 5 rings (SSSR count). The number of hydrogen-bond acceptors (Lipinski definition) is 4. The molecule has 1 heterocycles. The molecule has 0 bridgehead atoms. The Bertz CT molecular complexity index is 1350. The summed E-state index contributed by atoms with van der Waals surface area (Å²) >= 11 is 0. The molecule has 4 aromatic rings. The molecule has 0 spiro atoms. The van der Waals surface area contributed by atoms with E-state index in [0.29, 0.717) is 13.0 Å². The molecule has 0 saturated carbocycles. The van der Waals surface area contributed by atoms with Gasteiger partial charge in [-0.1, -0.05) is 121 Å². The molecule has 1 aliphatic rings. The molecule has 0 N–H and O–H groups in total. The molecule has 1 fully saturated rings. The van der Waals surface area contributed by atoms with E-state index >= 15 is 0 Å². The largest absolute Gasteiger partial charge is 0.447 e. The summed E-state index contributed by atoms with van der Waals surface area (Å²) in [6.07, 6.45) is -0.0638. The van der Waals surface area contributed by atoms with Crippen LogP contribution in [0.5, 0.6) is 0 Å². The van der Waals surface area contributed by atoms with Crippen LogP contribution in [0.4, 0.5) is 4.79 Å². The zero-order valence-electron chi connectivity index (χ0n) is 22.2. The van der Waals surface area contributed by atoms with Crippen molar-refractivity contribution in [3.05, 3.63) is 144 Å². The Morgan fingerprint density at radius 2 is 1.28 bits per heavy atom. The number of carbonyl (C=O) groups is 2. The van der Waals surface area contributed by atoms with E-state index < -0.39 is 12.0 Å². The summed E-state index contributed by atoms with van der Waals surface area (Å²) < 4.78 is 5.20. The Morgan fingerprint density at radius 3 is 1.82 bits per heavy atom. The van der Waals surface area contributed by atoms with Gasteiger partial charge in [-0.15, -0.1) is 0 Å². The Morgan fingerprint density at radius 1 is 0.769 bits per heavy atom. The van der Waals surface area contributed by atoms with Gasteiger partial charge in [0.15, 0.2) is 0 Å². The Hall–Kier alpha value is -4.22. The maximum atomic E-state index is 14.3. The van der Waals surface area contributed by atoms with E-state index in [1.807, 2.05) is 72.8 Å². The van der Waals surface area contributed by atoms with Crippen LogP contribution < -0.4 is 0 Å². The second kappa shape index (κ2) is 12.5. The van der Waals surface area contributed by atoms with Crippen LogP contribution in [0, 0.1) is 5.92 Å². The van der Waals surface area contributed by atoms with Crippen molar-refractivity contribution in [2.75, 3.05) is 13.2 Å². The first-order chi connectivity index (χ1) is 19.1. The van der Waals surface area contributed by atoms with E-state index in [1.165, 1.54) is 10.5 Å². The highest BCUT2D eigenvalue weighted by Gasteiger charge is 2.41. The van der Waals surface area contributed by atoms with Crippen molar-refractivity contribution in [1.82, 2.24) is 9.80 Å². The predicted molar refractivity (Wildman–Crippen MR) is 153 cm³/mol. The first kappa shape index (κ1) is 26.4. The minimum atomic E-state index is -0.560.